The standard InChI is InChI=1S/C14H12BrN5O2/c1-8-6-12(19-18-8)22-10-4-2-9(3-5-10)17-14(21)13-11(15)7-16-20-13/h2-7H,1H3,(H,16,20)(H,17,21)(H,18,19). The first-order chi connectivity index (χ1) is 10.6. The lowest BCUT2D eigenvalue weighted by Crippen LogP contribution is -2.12. The highest BCUT2D eigenvalue weighted by atomic mass is 79.9. The Kier molecular flexibility index (Phi) is 3.92. The molecule has 0 spiro atoms. The van der Waals surface area contributed by atoms with E-state index in [1.165, 1.54) is 6.20 Å². The number of carbonyl (C=O) groups is 1. The summed E-state index contributed by atoms with van der Waals surface area (Å²) in [7, 11) is 0. The SMILES string of the molecule is Cc1cc(Oc2ccc(NC(=O)c3[nH]ncc3Br)cc2)n[nH]1. The lowest BCUT2D eigenvalue weighted by atomic mass is 10.3. The van der Waals surface area contributed by atoms with Gasteiger partial charge in [-0.05, 0) is 47.1 Å². The first kappa shape index (κ1) is 14.3. The van der Waals surface area contributed by atoms with Gasteiger partial charge in [-0.15, -0.1) is 5.10 Å². The fraction of sp³-hybridized carbons (Fsp3) is 0.0714. The Bertz CT molecular complexity index is 794. The van der Waals surface area contributed by atoms with Crippen LogP contribution in [-0.4, -0.2) is 26.3 Å². The summed E-state index contributed by atoms with van der Waals surface area (Å²) in [6.07, 6.45) is 1.53. The number of hydrogen-bond donors (Lipinski definition) is 3. The van der Waals surface area contributed by atoms with Gasteiger partial charge in [0.25, 0.3) is 5.91 Å². The molecule has 3 N–H and O–H groups in total. The van der Waals surface area contributed by atoms with Crippen LogP contribution in [0.1, 0.15) is 16.2 Å². The quantitative estimate of drug-likeness (QED) is 0.664. The maximum Gasteiger partial charge on any atom is 0.274 e. The summed E-state index contributed by atoms with van der Waals surface area (Å²) in [5.41, 5.74) is 1.94. The largest absolute Gasteiger partial charge is 0.438 e. The first-order valence-corrected chi connectivity index (χ1v) is 7.21. The highest BCUT2D eigenvalue weighted by molar-refractivity contribution is 9.10. The summed E-state index contributed by atoms with van der Waals surface area (Å²) in [6.45, 7) is 1.89. The van der Waals surface area contributed by atoms with Gasteiger partial charge in [0.1, 0.15) is 11.4 Å². The fourth-order valence-corrected chi connectivity index (χ4v) is 2.17. The number of H-pyrrole nitrogens is 2. The molecule has 0 aliphatic rings. The van der Waals surface area contributed by atoms with Gasteiger partial charge in [-0.2, -0.15) is 5.10 Å². The number of hydrogen-bond acceptors (Lipinski definition) is 4. The van der Waals surface area contributed by atoms with Gasteiger partial charge in [0.15, 0.2) is 0 Å². The third-order valence-corrected chi connectivity index (χ3v) is 3.44. The molecule has 0 bridgehead atoms. The highest BCUT2D eigenvalue weighted by Gasteiger charge is 2.12. The van der Waals surface area contributed by atoms with Gasteiger partial charge in [-0.1, -0.05) is 0 Å². The third-order valence-electron chi connectivity index (χ3n) is 2.84. The van der Waals surface area contributed by atoms with E-state index in [1.807, 2.05) is 6.92 Å². The van der Waals surface area contributed by atoms with Crippen LogP contribution < -0.4 is 10.1 Å². The van der Waals surface area contributed by atoms with Gasteiger partial charge in [0.2, 0.25) is 5.88 Å². The minimum atomic E-state index is -0.277. The number of nitrogens with one attached hydrogen (secondary N) is 3. The van der Waals surface area contributed by atoms with Crippen LogP contribution in [0.4, 0.5) is 5.69 Å². The number of nitrogens with zero attached hydrogens (tertiary/aromatic N) is 2. The van der Waals surface area contributed by atoms with Crippen molar-refractivity contribution in [3.05, 3.63) is 52.4 Å². The van der Waals surface area contributed by atoms with Crippen molar-refractivity contribution in [2.75, 3.05) is 5.32 Å². The van der Waals surface area contributed by atoms with Crippen molar-refractivity contribution >= 4 is 27.5 Å². The Labute approximate surface area is 134 Å². The smallest absolute Gasteiger partial charge is 0.274 e. The summed E-state index contributed by atoms with van der Waals surface area (Å²) in [6, 6.07) is 8.79. The van der Waals surface area contributed by atoms with E-state index in [4.69, 9.17) is 4.74 Å². The predicted octanol–water partition coefficient (Wildman–Crippen LogP) is 3.25. The molecule has 0 radical (unpaired) electrons. The Morgan fingerprint density at radius 1 is 1.27 bits per heavy atom. The summed E-state index contributed by atoms with van der Waals surface area (Å²) in [5, 5.41) is 16.0. The van der Waals surface area contributed by atoms with Gasteiger partial charge >= 0.3 is 0 Å². The number of benzene rings is 1. The lowest BCUT2D eigenvalue weighted by Gasteiger charge is -2.06. The van der Waals surface area contributed by atoms with Crippen molar-refractivity contribution < 1.29 is 9.53 Å². The molecule has 22 heavy (non-hydrogen) atoms. The number of amides is 1. The van der Waals surface area contributed by atoms with E-state index < -0.39 is 0 Å². The van der Waals surface area contributed by atoms with Crippen LogP contribution in [0.3, 0.4) is 0 Å². The molecule has 8 heteroatoms. The average molecular weight is 362 g/mol. The average Bonchev–Trinajstić information content (AvgIpc) is 3.10. The van der Waals surface area contributed by atoms with Crippen molar-refractivity contribution in [3.8, 4) is 11.6 Å². The minimum Gasteiger partial charge on any atom is -0.438 e. The summed E-state index contributed by atoms with van der Waals surface area (Å²) < 4.78 is 6.18. The molecular weight excluding hydrogens is 350 g/mol. The van der Waals surface area contributed by atoms with Gasteiger partial charge < -0.3 is 10.1 Å². The zero-order valence-corrected chi connectivity index (χ0v) is 13.1. The number of aromatic amines is 2. The fourth-order valence-electron chi connectivity index (χ4n) is 1.80. The number of ether oxygens (including phenoxy) is 1. The Balaban J connectivity index is 1.66. The number of aromatic nitrogens is 4. The number of carbonyl (C=O) groups excluding carboxylic acids is 1. The molecular formula is C14H12BrN5O2. The zero-order chi connectivity index (χ0) is 15.5. The lowest BCUT2D eigenvalue weighted by molar-refractivity contribution is 0.102. The van der Waals surface area contributed by atoms with Crippen LogP contribution in [-0.2, 0) is 0 Å². The Morgan fingerprint density at radius 3 is 2.64 bits per heavy atom. The van der Waals surface area contributed by atoms with Crippen LogP contribution >= 0.6 is 15.9 Å². The maximum absolute atomic E-state index is 12.0. The molecule has 0 unspecified atom stereocenters. The van der Waals surface area contributed by atoms with Gasteiger partial charge in [-0.3, -0.25) is 15.0 Å². The predicted molar refractivity (Wildman–Crippen MR) is 84.1 cm³/mol. The molecule has 0 saturated carbocycles. The number of aryl methyl sites for hydroxylation is 1. The van der Waals surface area contributed by atoms with Crippen LogP contribution in [0.25, 0.3) is 0 Å². The molecule has 0 fully saturated rings. The maximum atomic E-state index is 12.0. The second-order valence-electron chi connectivity index (χ2n) is 4.56. The number of rotatable bonds is 4. The minimum absolute atomic E-state index is 0.277. The van der Waals surface area contributed by atoms with Crippen molar-refractivity contribution in [2.45, 2.75) is 6.92 Å². The zero-order valence-electron chi connectivity index (χ0n) is 11.6. The van der Waals surface area contributed by atoms with Crippen molar-refractivity contribution in [1.82, 2.24) is 20.4 Å². The molecule has 3 aromatic rings. The molecule has 1 aromatic carbocycles. The second-order valence-corrected chi connectivity index (χ2v) is 5.42. The molecule has 0 atom stereocenters. The summed E-state index contributed by atoms with van der Waals surface area (Å²) >= 11 is 3.25. The molecule has 7 nitrogen and oxygen atoms in total. The monoisotopic (exact) mass is 361 g/mol. The first-order valence-electron chi connectivity index (χ1n) is 6.42. The van der Waals surface area contributed by atoms with Gasteiger partial charge in [0.05, 0.1) is 10.7 Å². The molecule has 0 aliphatic heterocycles. The Hall–Kier alpha value is -2.61. The van der Waals surface area contributed by atoms with E-state index in [0.29, 0.717) is 27.5 Å². The van der Waals surface area contributed by atoms with E-state index in [-0.39, 0.29) is 5.91 Å². The van der Waals surface area contributed by atoms with E-state index in [2.05, 4.69) is 41.6 Å². The molecule has 112 valence electrons. The van der Waals surface area contributed by atoms with Crippen molar-refractivity contribution in [2.24, 2.45) is 0 Å². The molecule has 1 amide bonds. The van der Waals surface area contributed by atoms with Crippen LogP contribution in [0.2, 0.25) is 0 Å². The highest BCUT2D eigenvalue weighted by Crippen LogP contribution is 2.22. The van der Waals surface area contributed by atoms with Crippen molar-refractivity contribution in [3.63, 3.8) is 0 Å². The van der Waals surface area contributed by atoms with E-state index in [1.54, 1.807) is 30.3 Å². The summed E-state index contributed by atoms with van der Waals surface area (Å²) in [5.74, 6) is 0.851. The van der Waals surface area contributed by atoms with Crippen LogP contribution in [0.15, 0.2) is 41.0 Å². The van der Waals surface area contributed by atoms with E-state index in [9.17, 15) is 4.79 Å². The normalized spacial score (nSPS) is 10.5. The topological polar surface area (TPSA) is 95.7 Å². The molecule has 3 rings (SSSR count). The number of halogens is 1. The molecule has 0 aliphatic carbocycles. The van der Waals surface area contributed by atoms with E-state index >= 15 is 0 Å². The van der Waals surface area contributed by atoms with Gasteiger partial charge in [-0.25, -0.2) is 0 Å². The third kappa shape index (κ3) is 3.17. The summed E-state index contributed by atoms with van der Waals surface area (Å²) in [4.78, 5) is 12.0. The molecule has 2 aromatic heterocycles. The second kappa shape index (κ2) is 6.02. The van der Waals surface area contributed by atoms with E-state index in [0.717, 1.165) is 5.69 Å². The Morgan fingerprint density at radius 2 is 2.05 bits per heavy atom. The molecule has 0 saturated heterocycles. The molecule has 2 heterocycles. The van der Waals surface area contributed by atoms with Gasteiger partial charge in [0, 0.05) is 17.4 Å². The van der Waals surface area contributed by atoms with Crippen LogP contribution in [0.5, 0.6) is 11.6 Å². The van der Waals surface area contributed by atoms with Crippen molar-refractivity contribution in [1.29, 1.82) is 0 Å². The number of anilines is 1. The van der Waals surface area contributed by atoms with Crippen LogP contribution in [0, 0.1) is 6.92 Å².